The van der Waals surface area contributed by atoms with Crippen molar-refractivity contribution in [3.63, 3.8) is 0 Å². The zero-order chi connectivity index (χ0) is 20.5. The van der Waals surface area contributed by atoms with Gasteiger partial charge in [0.05, 0.1) is 35.0 Å². The molecule has 3 rings (SSSR count). The molecule has 1 aromatic carbocycles. The third-order valence-electron chi connectivity index (χ3n) is 4.48. The molecule has 11 heteroatoms. The number of benzene rings is 1. The highest BCUT2D eigenvalue weighted by Gasteiger charge is 2.46. The fraction of sp³-hybridized carbons (Fsp3) is 0.412. The van der Waals surface area contributed by atoms with Crippen LogP contribution in [0.5, 0.6) is 0 Å². The maximum absolute atomic E-state index is 12.9. The summed E-state index contributed by atoms with van der Waals surface area (Å²) in [5.74, 6) is -3.18. The summed E-state index contributed by atoms with van der Waals surface area (Å²) in [6, 6.07) is 2.84. The van der Waals surface area contributed by atoms with Crippen molar-refractivity contribution in [3.8, 4) is 0 Å². The number of sulfone groups is 1. The number of nitrogens with one attached hydrogen (secondary N) is 1. The van der Waals surface area contributed by atoms with Gasteiger partial charge in [-0.2, -0.15) is 0 Å². The maximum Gasteiger partial charge on any atom is 0.263 e. The number of piperidine rings is 1. The van der Waals surface area contributed by atoms with Gasteiger partial charge in [-0.1, -0.05) is 22.0 Å². The van der Waals surface area contributed by atoms with Gasteiger partial charge >= 0.3 is 0 Å². The van der Waals surface area contributed by atoms with Gasteiger partial charge in [-0.15, -0.1) is 0 Å². The smallest absolute Gasteiger partial charge is 0.263 e. The number of imide groups is 2. The molecule has 9 nitrogen and oxygen atoms in total. The van der Waals surface area contributed by atoms with E-state index in [-0.39, 0.29) is 41.2 Å². The van der Waals surface area contributed by atoms with Crippen LogP contribution in [0.3, 0.4) is 0 Å². The second kappa shape index (κ2) is 8.10. The van der Waals surface area contributed by atoms with Crippen molar-refractivity contribution in [2.24, 2.45) is 0 Å². The van der Waals surface area contributed by atoms with E-state index in [0.717, 1.165) is 4.90 Å². The molecule has 28 heavy (non-hydrogen) atoms. The fourth-order valence-electron chi connectivity index (χ4n) is 3.18. The Bertz CT molecular complexity index is 960. The van der Waals surface area contributed by atoms with Gasteiger partial charge in [0.15, 0.2) is 9.84 Å². The van der Waals surface area contributed by atoms with Gasteiger partial charge in [-0.05, 0) is 18.6 Å². The van der Waals surface area contributed by atoms with Crippen molar-refractivity contribution in [1.82, 2.24) is 10.2 Å². The summed E-state index contributed by atoms with van der Waals surface area (Å²) in [6.07, 6.45) is -0.0154. The van der Waals surface area contributed by atoms with Gasteiger partial charge in [0, 0.05) is 11.8 Å². The minimum absolute atomic E-state index is 0.00139. The molecule has 1 atom stereocenters. The Kier molecular flexibility index (Phi) is 5.96. The molecule has 0 bridgehead atoms. The van der Waals surface area contributed by atoms with Crippen LogP contribution in [-0.4, -0.2) is 67.3 Å². The van der Waals surface area contributed by atoms with E-state index >= 15 is 0 Å². The van der Waals surface area contributed by atoms with Crippen LogP contribution in [0.1, 0.15) is 33.6 Å². The summed E-state index contributed by atoms with van der Waals surface area (Å²) in [5, 5.41) is 2.65. The Morgan fingerprint density at radius 1 is 1.14 bits per heavy atom. The van der Waals surface area contributed by atoms with Crippen molar-refractivity contribution >= 4 is 49.4 Å². The number of fused-ring (bicyclic) bond motifs is 1. The predicted octanol–water partition coefficient (Wildman–Crippen LogP) is 0.273. The Morgan fingerprint density at radius 2 is 1.89 bits per heavy atom. The van der Waals surface area contributed by atoms with E-state index in [1.54, 1.807) is 0 Å². The Balaban J connectivity index is 1.92. The number of hydrogen-bond acceptors (Lipinski definition) is 7. The number of halogens is 1. The average molecular weight is 473 g/mol. The second-order valence-electron chi connectivity index (χ2n) is 6.25. The molecule has 2 heterocycles. The average Bonchev–Trinajstić information content (AvgIpc) is 2.90. The number of hydrogen-bond donors (Lipinski definition) is 1. The first-order valence-corrected chi connectivity index (χ1v) is 11.3. The third-order valence-corrected chi connectivity index (χ3v) is 6.52. The van der Waals surface area contributed by atoms with E-state index in [2.05, 4.69) is 21.2 Å². The molecule has 150 valence electrons. The highest BCUT2D eigenvalue weighted by atomic mass is 79.9. The Hall–Kier alpha value is -2.11. The van der Waals surface area contributed by atoms with Gasteiger partial charge in [-0.3, -0.25) is 29.4 Å². The number of nitrogens with zero attached hydrogens (tertiary/aromatic N) is 1. The van der Waals surface area contributed by atoms with Crippen molar-refractivity contribution in [1.29, 1.82) is 0 Å². The molecule has 1 saturated heterocycles. The van der Waals surface area contributed by atoms with Crippen molar-refractivity contribution in [2.75, 3.05) is 24.3 Å². The molecule has 1 unspecified atom stereocenters. The largest absolute Gasteiger partial charge is 0.380 e. The number of rotatable bonds is 7. The summed E-state index contributed by atoms with van der Waals surface area (Å²) in [5.41, 5.74) is -0.310. The first-order chi connectivity index (χ1) is 13.3. The molecule has 1 fully saturated rings. The molecule has 4 amide bonds. The molecule has 0 spiro atoms. The van der Waals surface area contributed by atoms with E-state index in [1.165, 1.54) is 18.2 Å². The van der Waals surface area contributed by atoms with Crippen LogP contribution in [0, 0.1) is 0 Å². The second-order valence-corrected chi connectivity index (χ2v) is 9.12. The predicted molar refractivity (Wildman–Crippen MR) is 99.8 cm³/mol. The maximum atomic E-state index is 12.9. The van der Waals surface area contributed by atoms with Crippen LogP contribution in [0.2, 0.25) is 0 Å². The first-order valence-electron chi connectivity index (χ1n) is 8.49. The van der Waals surface area contributed by atoms with E-state index in [9.17, 15) is 27.6 Å². The lowest BCUT2D eigenvalue weighted by Crippen LogP contribution is -2.54. The first kappa shape index (κ1) is 20.6. The van der Waals surface area contributed by atoms with Gasteiger partial charge in [0.25, 0.3) is 11.8 Å². The Labute approximate surface area is 169 Å². The van der Waals surface area contributed by atoms with Crippen LogP contribution >= 0.6 is 15.9 Å². The molecule has 0 aliphatic carbocycles. The fourth-order valence-corrected chi connectivity index (χ4v) is 4.76. The van der Waals surface area contributed by atoms with Gasteiger partial charge in [-0.25, -0.2) is 8.42 Å². The highest BCUT2D eigenvalue weighted by molar-refractivity contribution is 9.09. The zero-order valence-corrected chi connectivity index (χ0v) is 17.0. The molecular weight excluding hydrogens is 456 g/mol. The standard InChI is InChI=1S/C17H17BrN2O7S/c18-6-7-27-8-9-28(25,26)12-3-1-2-10-14(12)17(24)20(16(10)23)11-4-5-13(21)19-15(11)22/h1-3,11H,4-9H2,(H,19,21,22). The molecule has 1 aromatic rings. The van der Waals surface area contributed by atoms with Crippen LogP contribution in [0.4, 0.5) is 0 Å². The zero-order valence-electron chi connectivity index (χ0n) is 14.6. The van der Waals surface area contributed by atoms with Gasteiger partial charge < -0.3 is 4.74 Å². The Morgan fingerprint density at radius 3 is 2.57 bits per heavy atom. The number of alkyl halides is 1. The van der Waals surface area contributed by atoms with Crippen LogP contribution in [0.15, 0.2) is 23.1 Å². The molecule has 0 aromatic heterocycles. The topological polar surface area (TPSA) is 127 Å². The van der Waals surface area contributed by atoms with Crippen molar-refractivity contribution < 1.29 is 32.3 Å². The van der Waals surface area contributed by atoms with Crippen molar-refractivity contribution in [2.45, 2.75) is 23.8 Å². The lowest BCUT2D eigenvalue weighted by atomic mass is 10.0. The number of ether oxygens (including phenoxy) is 1. The van der Waals surface area contributed by atoms with Crippen molar-refractivity contribution in [3.05, 3.63) is 29.3 Å². The minimum Gasteiger partial charge on any atom is -0.380 e. The number of carbonyl (C=O) groups excluding carboxylic acids is 4. The van der Waals surface area contributed by atoms with E-state index < -0.39 is 39.5 Å². The number of amides is 4. The quantitative estimate of drug-likeness (QED) is 0.342. The van der Waals surface area contributed by atoms with Crippen LogP contribution in [0.25, 0.3) is 0 Å². The molecule has 2 aliphatic heterocycles. The van der Waals surface area contributed by atoms with E-state index in [0.29, 0.717) is 11.9 Å². The van der Waals surface area contributed by atoms with Crippen LogP contribution in [-0.2, 0) is 24.2 Å². The highest BCUT2D eigenvalue weighted by Crippen LogP contribution is 2.32. The lowest BCUT2D eigenvalue weighted by molar-refractivity contribution is -0.136. The summed E-state index contributed by atoms with van der Waals surface area (Å²) < 4.78 is 30.6. The molecular formula is C17H17BrN2O7S. The van der Waals surface area contributed by atoms with Crippen LogP contribution < -0.4 is 5.32 Å². The van der Waals surface area contributed by atoms with Gasteiger partial charge in [0.1, 0.15) is 6.04 Å². The molecule has 2 aliphatic rings. The van der Waals surface area contributed by atoms with E-state index in [4.69, 9.17) is 4.74 Å². The summed E-state index contributed by atoms with van der Waals surface area (Å²) in [4.78, 5) is 49.6. The monoisotopic (exact) mass is 472 g/mol. The molecule has 1 N–H and O–H groups in total. The summed E-state index contributed by atoms with van der Waals surface area (Å²) in [6.45, 7) is 0.277. The minimum atomic E-state index is -3.89. The summed E-state index contributed by atoms with van der Waals surface area (Å²) >= 11 is 3.17. The lowest BCUT2D eigenvalue weighted by Gasteiger charge is -2.27. The number of carbonyl (C=O) groups is 4. The van der Waals surface area contributed by atoms with Gasteiger partial charge in [0.2, 0.25) is 11.8 Å². The van der Waals surface area contributed by atoms with E-state index in [1.807, 2.05) is 0 Å². The normalized spacial score (nSPS) is 19.8. The summed E-state index contributed by atoms with van der Waals surface area (Å²) in [7, 11) is -3.89. The molecule has 0 radical (unpaired) electrons. The SMILES string of the molecule is O=C1CCC(N2C(=O)c3cccc(S(=O)(=O)CCOCCBr)c3C2=O)C(=O)N1. The third kappa shape index (κ3) is 3.74. The molecule has 0 saturated carbocycles.